The number of benzene rings is 4. The van der Waals surface area contributed by atoms with Gasteiger partial charge in [0.05, 0.1) is 5.56 Å². The van der Waals surface area contributed by atoms with Crippen LogP contribution in [0.15, 0.2) is 108 Å². The van der Waals surface area contributed by atoms with Crippen molar-refractivity contribution in [2.75, 3.05) is 0 Å². The topological polar surface area (TPSA) is 69.7 Å². The van der Waals surface area contributed by atoms with E-state index in [0.717, 1.165) is 41.0 Å². The molecule has 0 fully saturated rings. The highest BCUT2D eigenvalue weighted by molar-refractivity contribution is 7.87. The number of allylic oxidation sites excluding steroid dienone is 1. The predicted octanol–water partition coefficient (Wildman–Crippen LogP) is 5.88. The summed E-state index contributed by atoms with van der Waals surface area (Å²) in [6, 6.07) is 26.1. The highest BCUT2D eigenvalue weighted by Crippen LogP contribution is 2.36. The second-order valence-corrected chi connectivity index (χ2v) is 9.12. The maximum atomic E-state index is 13.1. The molecule has 0 radical (unpaired) electrons. The van der Waals surface area contributed by atoms with Gasteiger partial charge in [0.1, 0.15) is 22.2 Å². The Labute approximate surface area is 195 Å². The van der Waals surface area contributed by atoms with Crippen LogP contribution in [0, 0.1) is 5.82 Å². The molecular weight excluding hydrogens is 455 g/mol. The Morgan fingerprint density at radius 1 is 0.794 bits per heavy atom. The third-order valence-corrected chi connectivity index (χ3v) is 6.53. The summed E-state index contributed by atoms with van der Waals surface area (Å²) in [5.74, 6) is -0.568. The first-order chi connectivity index (χ1) is 16.4. The lowest BCUT2D eigenvalue weighted by Gasteiger charge is -2.08. The number of carbonyl (C=O) groups excluding carboxylic acids is 1. The predicted molar refractivity (Wildman–Crippen MR) is 125 cm³/mol. The Morgan fingerprint density at radius 2 is 1.47 bits per heavy atom. The van der Waals surface area contributed by atoms with Crippen LogP contribution < -0.4 is 8.92 Å². The van der Waals surface area contributed by atoms with Crippen LogP contribution in [0.5, 0.6) is 11.5 Å². The average Bonchev–Trinajstić information content (AvgIpc) is 3.14. The van der Waals surface area contributed by atoms with Gasteiger partial charge in [0, 0.05) is 6.07 Å². The first-order valence-corrected chi connectivity index (χ1v) is 11.7. The number of halogens is 1. The van der Waals surface area contributed by atoms with E-state index in [1.807, 2.05) is 54.6 Å². The Balaban J connectivity index is 1.35. The van der Waals surface area contributed by atoms with E-state index in [0.29, 0.717) is 5.56 Å². The van der Waals surface area contributed by atoms with Crippen LogP contribution in [0.1, 0.15) is 15.9 Å². The van der Waals surface area contributed by atoms with E-state index in [9.17, 15) is 17.6 Å². The highest BCUT2D eigenvalue weighted by Gasteiger charge is 2.28. The van der Waals surface area contributed by atoms with Crippen molar-refractivity contribution in [2.24, 2.45) is 0 Å². The van der Waals surface area contributed by atoms with Crippen LogP contribution >= 0.6 is 0 Å². The number of rotatable bonds is 5. The Hall–Kier alpha value is -4.23. The summed E-state index contributed by atoms with van der Waals surface area (Å²) in [6.07, 6.45) is 1.63. The summed E-state index contributed by atoms with van der Waals surface area (Å²) in [4.78, 5) is 12.6. The Morgan fingerprint density at radius 3 is 2.18 bits per heavy atom. The number of hydrogen-bond acceptors (Lipinski definition) is 5. The van der Waals surface area contributed by atoms with Crippen molar-refractivity contribution in [1.82, 2.24) is 0 Å². The molecule has 168 valence electrons. The highest BCUT2D eigenvalue weighted by atomic mass is 32.2. The summed E-state index contributed by atoms with van der Waals surface area (Å²) >= 11 is 0. The largest absolute Gasteiger partial charge is 0.452 e. The molecule has 7 heteroatoms. The van der Waals surface area contributed by atoms with E-state index in [-0.39, 0.29) is 27.9 Å². The van der Waals surface area contributed by atoms with Crippen LogP contribution in [0.3, 0.4) is 0 Å². The third-order valence-electron chi connectivity index (χ3n) is 5.27. The maximum Gasteiger partial charge on any atom is 0.339 e. The number of ketones is 1. The molecule has 0 unspecified atom stereocenters. The van der Waals surface area contributed by atoms with Gasteiger partial charge in [-0.25, -0.2) is 4.39 Å². The van der Waals surface area contributed by atoms with Gasteiger partial charge >= 0.3 is 10.1 Å². The molecule has 1 aliphatic rings. The minimum atomic E-state index is -4.17. The second kappa shape index (κ2) is 8.61. The van der Waals surface area contributed by atoms with Gasteiger partial charge in [0.15, 0.2) is 5.76 Å². The molecule has 0 amide bonds. The molecule has 0 spiro atoms. The molecule has 0 atom stereocenters. The van der Waals surface area contributed by atoms with E-state index in [1.54, 1.807) is 6.08 Å². The molecule has 0 bridgehead atoms. The van der Waals surface area contributed by atoms with Crippen molar-refractivity contribution in [2.45, 2.75) is 4.90 Å². The zero-order valence-corrected chi connectivity index (χ0v) is 18.5. The first kappa shape index (κ1) is 21.6. The number of fused-ring (bicyclic) bond motifs is 1. The van der Waals surface area contributed by atoms with Crippen molar-refractivity contribution in [1.29, 1.82) is 0 Å². The molecule has 4 aromatic rings. The molecule has 1 aliphatic heterocycles. The van der Waals surface area contributed by atoms with E-state index >= 15 is 0 Å². The zero-order valence-electron chi connectivity index (χ0n) is 17.6. The molecule has 0 N–H and O–H groups in total. The van der Waals surface area contributed by atoms with Crippen LogP contribution in [0.2, 0.25) is 0 Å². The quantitative estimate of drug-likeness (QED) is 0.268. The lowest BCUT2D eigenvalue weighted by molar-refractivity contribution is 0.101. The van der Waals surface area contributed by atoms with Crippen LogP contribution in [-0.4, -0.2) is 14.2 Å². The molecule has 0 aromatic heterocycles. The number of ether oxygens (including phenoxy) is 1. The van der Waals surface area contributed by atoms with Gasteiger partial charge in [0.2, 0.25) is 5.78 Å². The molecular formula is C27H17FO5S. The van der Waals surface area contributed by atoms with Crippen molar-refractivity contribution in [3.8, 4) is 22.6 Å². The Kier molecular flexibility index (Phi) is 5.47. The monoisotopic (exact) mass is 472 g/mol. The number of carbonyl (C=O) groups is 1. The van der Waals surface area contributed by atoms with Crippen molar-refractivity contribution in [3.05, 3.63) is 120 Å². The van der Waals surface area contributed by atoms with Gasteiger partial charge in [-0.05, 0) is 59.2 Å². The molecule has 0 aliphatic carbocycles. The summed E-state index contributed by atoms with van der Waals surface area (Å²) in [6.45, 7) is 0. The molecule has 34 heavy (non-hydrogen) atoms. The third kappa shape index (κ3) is 4.33. The molecule has 0 saturated carbocycles. The molecule has 4 aromatic carbocycles. The van der Waals surface area contributed by atoms with Crippen LogP contribution in [0.4, 0.5) is 4.39 Å². The minimum absolute atomic E-state index is 0.0238. The van der Waals surface area contributed by atoms with Gasteiger partial charge in [-0.1, -0.05) is 54.6 Å². The van der Waals surface area contributed by atoms with Crippen molar-refractivity contribution >= 4 is 22.0 Å². The van der Waals surface area contributed by atoms with Gasteiger partial charge in [-0.2, -0.15) is 8.42 Å². The zero-order chi connectivity index (χ0) is 23.7. The lowest BCUT2D eigenvalue weighted by Crippen LogP contribution is -2.09. The van der Waals surface area contributed by atoms with E-state index in [2.05, 4.69) is 0 Å². The van der Waals surface area contributed by atoms with Gasteiger partial charge < -0.3 is 8.92 Å². The minimum Gasteiger partial charge on any atom is -0.452 e. The Bertz CT molecular complexity index is 1510. The van der Waals surface area contributed by atoms with E-state index in [1.165, 1.54) is 18.2 Å². The fraction of sp³-hybridized carbons (Fsp3) is 0. The SMILES string of the molecule is O=C1/C(=C/c2ccc(-c3ccccc3)cc2)Oc2cc(OS(=O)(=O)c3ccc(F)cc3)ccc21. The lowest BCUT2D eigenvalue weighted by atomic mass is 10.0. The molecule has 5 rings (SSSR count). The summed E-state index contributed by atoms with van der Waals surface area (Å²) in [5, 5.41) is 0. The van der Waals surface area contributed by atoms with Crippen molar-refractivity contribution in [3.63, 3.8) is 0 Å². The number of Topliss-reactive ketones (excluding diaryl/α,β-unsaturated/α-hetero) is 1. The smallest absolute Gasteiger partial charge is 0.339 e. The molecule has 1 heterocycles. The second-order valence-electron chi connectivity index (χ2n) is 7.58. The van der Waals surface area contributed by atoms with Crippen molar-refractivity contribution < 1.29 is 26.5 Å². The van der Waals surface area contributed by atoms with Gasteiger partial charge in [-0.3, -0.25) is 4.79 Å². The molecule has 0 saturated heterocycles. The first-order valence-electron chi connectivity index (χ1n) is 10.3. The summed E-state index contributed by atoms with van der Waals surface area (Å²) in [5.41, 5.74) is 3.23. The van der Waals surface area contributed by atoms with Crippen LogP contribution in [-0.2, 0) is 10.1 Å². The fourth-order valence-electron chi connectivity index (χ4n) is 3.55. The van der Waals surface area contributed by atoms with E-state index in [4.69, 9.17) is 8.92 Å². The fourth-order valence-corrected chi connectivity index (χ4v) is 4.47. The number of hydrogen-bond donors (Lipinski definition) is 0. The maximum absolute atomic E-state index is 13.1. The normalized spacial score (nSPS) is 14.0. The standard InChI is InChI=1S/C27H17FO5S/c28-21-10-13-23(14-11-21)34(30,31)33-22-12-15-24-25(17-22)32-26(27(24)29)16-18-6-8-20(9-7-18)19-4-2-1-3-5-19/h1-17H/b26-16-. The van der Waals surface area contributed by atoms with E-state index < -0.39 is 15.9 Å². The van der Waals surface area contributed by atoms with Gasteiger partial charge in [-0.15, -0.1) is 0 Å². The summed E-state index contributed by atoms with van der Waals surface area (Å²) in [7, 11) is -4.17. The van der Waals surface area contributed by atoms with Crippen LogP contribution in [0.25, 0.3) is 17.2 Å². The van der Waals surface area contributed by atoms with Gasteiger partial charge in [0.25, 0.3) is 0 Å². The summed E-state index contributed by atoms with van der Waals surface area (Å²) < 4.78 is 48.8. The molecule has 5 nitrogen and oxygen atoms in total. The average molecular weight is 472 g/mol.